The summed E-state index contributed by atoms with van der Waals surface area (Å²) in [5.41, 5.74) is -0.0430. The molecule has 1 heterocycles. The zero-order valence-corrected chi connectivity index (χ0v) is 15.7. The second kappa shape index (κ2) is 8.46. The summed E-state index contributed by atoms with van der Waals surface area (Å²) in [7, 11) is 0. The van der Waals surface area contributed by atoms with E-state index in [0.717, 1.165) is 6.07 Å². The molecule has 9 heteroatoms. The van der Waals surface area contributed by atoms with Crippen molar-refractivity contribution in [1.82, 2.24) is 4.90 Å². The predicted molar refractivity (Wildman–Crippen MR) is 95.2 cm³/mol. The van der Waals surface area contributed by atoms with Crippen LogP contribution in [-0.4, -0.2) is 41.7 Å². The molecule has 1 saturated heterocycles. The van der Waals surface area contributed by atoms with E-state index in [0.29, 0.717) is 32.5 Å². The standard InChI is InChI=1S/C16H21BrFN3O4/c1-10(2)9-25-16(22)20-5-3-11(4-6-20)19-14-7-12(17)13(18)8-15(14)21(23)24/h7-8,10-11,19H,3-6,9H2,1-2H3. The Morgan fingerprint density at radius 3 is 2.68 bits per heavy atom. The summed E-state index contributed by atoms with van der Waals surface area (Å²) >= 11 is 3.04. The lowest BCUT2D eigenvalue weighted by atomic mass is 10.0. The summed E-state index contributed by atoms with van der Waals surface area (Å²) < 4.78 is 18.9. The quantitative estimate of drug-likeness (QED) is 0.573. The Bertz CT molecular complexity index is 649. The summed E-state index contributed by atoms with van der Waals surface area (Å²) in [6.45, 7) is 5.33. The van der Waals surface area contributed by atoms with Crippen molar-refractivity contribution in [3.8, 4) is 0 Å². The van der Waals surface area contributed by atoms with Crippen LogP contribution in [0.2, 0.25) is 0 Å². The molecule has 138 valence electrons. The fourth-order valence-corrected chi connectivity index (χ4v) is 2.90. The van der Waals surface area contributed by atoms with Crippen LogP contribution >= 0.6 is 15.9 Å². The molecule has 0 aliphatic carbocycles. The molecule has 1 N–H and O–H groups in total. The van der Waals surface area contributed by atoms with Gasteiger partial charge in [0.15, 0.2) is 0 Å². The van der Waals surface area contributed by atoms with Gasteiger partial charge in [-0.05, 0) is 40.8 Å². The van der Waals surface area contributed by atoms with E-state index in [4.69, 9.17) is 4.74 Å². The van der Waals surface area contributed by atoms with Crippen LogP contribution in [0.1, 0.15) is 26.7 Å². The van der Waals surface area contributed by atoms with Crippen LogP contribution in [0.3, 0.4) is 0 Å². The second-order valence-electron chi connectivity index (χ2n) is 6.42. The molecule has 1 aromatic rings. The molecular formula is C16H21BrFN3O4. The molecule has 0 atom stereocenters. The van der Waals surface area contributed by atoms with Crippen LogP contribution in [0.4, 0.5) is 20.6 Å². The summed E-state index contributed by atoms with van der Waals surface area (Å²) in [6, 6.07) is 2.23. The molecular weight excluding hydrogens is 397 g/mol. The first-order valence-electron chi connectivity index (χ1n) is 8.09. The Kier molecular flexibility index (Phi) is 6.57. The van der Waals surface area contributed by atoms with E-state index in [1.807, 2.05) is 13.8 Å². The number of halogens is 2. The molecule has 0 bridgehead atoms. The topological polar surface area (TPSA) is 84.7 Å². The summed E-state index contributed by atoms with van der Waals surface area (Å²) in [5, 5.41) is 14.2. The molecule has 25 heavy (non-hydrogen) atoms. The normalized spacial score (nSPS) is 15.3. The van der Waals surface area contributed by atoms with Crippen molar-refractivity contribution in [1.29, 1.82) is 0 Å². The average Bonchev–Trinajstić information content (AvgIpc) is 2.56. The maximum atomic E-state index is 13.5. The Hall–Kier alpha value is -1.90. The average molecular weight is 418 g/mol. The van der Waals surface area contributed by atoms with E-state index in [2.05, 4.69) is 21.2 Å². The highest BCUT2D eigenvalue weighted by Gasteiger charge is 2.26. The van der Waals surface area contributed by atoms with Gasteiger partial charge in [0.2, 0.25) is 0 Å². The third-order valence-corrected chi connectivity index (χ3v) is 4.50. The van der Waals surface area contributed by atoms with E-state index >= 15 is 0 Å². The van der Waals surface area contributed by atoms with Gasteiger partial charge in [0.1, 0.15) is 11.5 Å². The number of likely N-dealkylation sites (tertiary alicyclic amines) is 1. The van der Waals surface area contributed by atoms with Crippen LogP contribution in [0.25, 0.3) is 0 Å². The summed E-state index contributed by atoms with van der Waals surface area (Å²) in [6.07, 6.45) is 0.925. The minimum absolute atomic E-state index is 0.0368. The molecule has 1 fully saturated rings. The van der Waals surface area contributed by atoms with Crippen molar-refractivity contribution in [3.05, 3.63) is 32.5 Å². The Balaban J connectivity index is 1.95. The number of carbonyl (C=O) groups excluding carboxylic acids is 1. The van der Waals surface area contributed by atoms with Crippen LogP contribution in [-0.2, 0) is 4.74 Å². The van der Waals surface area contributed by atoms with E-state index in [9.17, 15) is 19.3 Å². The zero-order chi connectivity index (χ0) is 18.6. The molecule has 0 aromatic heterocycles. The first-order chi connectivity index (χ1) is 11.8. The van der Waals surface area contributed by atoms with Gasteiger partial charge in [0.25, 0.3) is 5.69 Å². The zero-order valence-electron chi connectivity index (χ0n) is 14.1. The van der Waals surface area contributed by atoms with Gasteiger partial charge in [-0.2, -0.15) is 0 Å². The van der Waals surface area contributed by atoms with Crippen LogP contribution in [0.5, 0.6) is 0 Å². The number of nitrogens with zero attached hydrogens (tertiary/aromatic N) is 2. The molecule has 7 nitrogen and oxygen atoms in total. The molecule has 1 aliphatic heterocycles. The minimum atomic E-state index is -0.681. The number of piperidine rings is 1. The number of carbonyl (C=O) groups is 1. The van der Waals surface area contributed by atoms with Gasteiger partial charge >= 0.3 is 6.09 Å². The van der Waals surface area contributed by atoms with Crippen molar-refractivity contribution in [2.75, 3.05) is 25.0 Å². The van der Waals surface area contributed by atoms with Gasteiger partial charge in [-0.15, -0.1) is 0 Å². The fraction of sp³-hybridized carbons (Fsp3) is 0.562. The van der Waals surface area contributed by atoms with Crippen molar-refractivity contribution < 1.29 is 18.8 Å². The number of hydrogen-bond donors (Lipinski definition) is 1. The Morgan fingerprint density at radius 2 is 2.12 bits per heavy atom. The number of benzene rings is 1. The maximum Gasteiger partial charge on any atom is 0.409 e. The van der Waals surface area contributed by atoms with E-state index < -0.39 is 10.7 Å². The van der Waals surface area contributed by atoms with Gasteiger partial charge in [-0.1, -0.05) is 13.8 Å². The monoisotopic (exact) mass is 417 g/mol. The van der Waals surface area contributed by atoms with Gasteiger partial charge in [0.05, 0.1) is 22.1 Å². The molecule has 0 saturated carbocycles. The number of amides is 1. The van der Waals surface area contributed by atoms with E-state index in [1.54, 1.807) is 4.90 Å². The number of anilines is 1. The van der Waals surface area contributed by atoms with Crippen molar-refractivity contribution in [2.45, 2.75) is 32.7 Å². The largest absolute Gasteiger partial charge is 0.449 e. The van der Waals surface area contributed by atoms with Crippen LogP contribution in [0, 0.1) is 21.8 Å². The molecule has 0 unspecified atom stereocenters. The lowest BCUT2D eigenvalue weighted by molar-refractivity contribution is -0.384. The summed E-state index contributed by atoms with van der Waals surface area (Å²) in [4.78, 5) is 24.1. The number of rotatable bonds is 5. The van der Waals surface area contributed by atoms with Crippen molar-refractivity contribution in [3.63, 3.8) is 0 Å². The lowest BCUT2D eigenvalue weighted by Crippen LogP contribution is -2.43. The van der Waals surface area contributed by atoms with Crippen LogP contribution in [0.15, 0.2) is 16.6 Å². The smallest absolute Gasteiger partial charge is 0.409 e. The summed E-state index contributed by atoms with van der Waals surface area (Å²) in [5.74, 6) is -0.402. The first-order valence-corrected chi connectivity index (χ1v) is 8.89. The minimum Gasteiger partial charge on any atom is -0.449 e. The number of nitro benzene ring substituents is 1. The first kappa shape index (κ1) is 19.4. The van der Waals surface area contributed by atoms with Gasteiger partial charge in [-0.3, -0.25) is 10.1 Å². The maximum absolute atomic E-state index is 13.5. The van der Waals surface area contributed by atoms with Gasteiger partial charge in [0, 0.05) is 19.1 Å². The molecule has 1 aromatic carbocycles. The van der Waals surface area contributed by atoms with Crippen molar-refractivity contribution in [2.24, 2.45) is 5.92 Å². The van der Waals surface area contributed by atoms with Crippen LogP contribution < -0.4 is 5.32 Å². The highest BCUT2D eigenvalue weighted by molar-refractivity contribution is 9.10. The fourth-order valence-electron chi connectivity index (χ4n) is 2.56. The molecule has 1 aliphatic rings. The third-order valence-electron chi connectivity index (χ3n) is 3.89. The Morgan fingerprint density at radius 1 is 1.48 bits per heavy atom. The predicted octanol–water partition coefficient (Wildman–Crippen LogP) is 4.17. The number of ether oxygens (including phenoxy) is 1. The van der Waals surface area contributed by atoms with E-state index in [-0.39, 0.29) is 33.9 Å². The molecule has 0 radical (unpaired) electrons. The molecule has 2 rings (SSSR count). The highest BCUT2D eigenvalue weighted by Crippen LogP contribution is 2.32. The van der Waals surface area contributed by atoms with E-state index in [1.165, 1.54) is 6.07 Å². The number of hydrogen-bond acceptors (Lipinski definition) is 5. The molecule has 0 spiro atoms. The highest BCUT2D eigenvalue weighted by atomic mass is 79.9. The molecule has 1 amide bonds. The number of nitrogens with one attached hydrogen (secondary N) is 1. The second-order valence-corrected chi connectivity index (χ2v) is 7.27. The van der Waals surface area contributed by atoms with Gasteiger partial charge < -0.3 is 15.0 Å². The number of nitro groups is 1. The van der Waals surface area contributed by atoms with Gasteiger partial charge in [-0.25, -0.2) is 9.18 Å². The SMILES string of the molecule is CC(C)COC(=O)N1CCC(Nc2cc(Br)c(F)cc2[N+](=O)[O-])CC1. The Labute approximate surface area is 153 Å². The third kappa shape index (κ3) is 5.29. The lowest BCUT2D eigenvalue weighted by Gasteiger charge is -2.32. The van der Waals surface area contributed by atoms with Crippen molar-refractivity contribution >= 4 is 33.4 Å².